The number of nitrogens with one attached hydrogen (secondary N) is 1. The van der Waals surface area contributed by atoms with E-state index in [-0.39, 0.29) is 11.9 Å². The zero-order valence-corrected chi connectivity index (χ0v) is 9.93. The normalized spacial score (nSPS) is 23.9. The molecule has 1 aliphatic carbocycles. The minimum atomic E-state index is -0.337. The van der Waals surface area contributed by atoms with Crippen molar-refractivity contribution in [3.05, 3.63) is 29.0 Å². The van der Waals surface area contributed by atoms with Crippen molar-refractivity contribution in [3.8, 4) is 5.75 Å². The maximum absolute atomic E-state index is 12.8. The van der Waals surface area contributed by atoms with Gasteiger partial charge in [0.25, 0.3) is 0 Å². The molecular weight excluding hydrogens is 229 g/mol. The molecule has 0 unspecified atom stereocenters. The highest BCUT2D eigenvalue weighted by Crippen LogP contribution is 2.31. The van der Waals surface area contributed by atoms with Crippen LogP contribution in [0.2, 0.25) is 5.02 Å². The monoisotopic (exact) mass is 243 g/mol. The van der Waals surface area contributed by atoms with Crippen LogP contribution in [-0.2, 0) is 0 Å². The van der Waals surface area contributed by atoms with Crippen LogP contribution in [0.25, 0.3) is 0 Å². The summed E-state index contributed by atoms with van der Waals surface area (Å²) in [6.45, 7) is 3.07. The van der Waals surface area contributed by atoms with Crippen LogP contribution in [0.1, 0.15) is 19.8 Å². The quantitative estimate of drug-likeness (QED) is 0.878. The predicted molar refractivity (Wildman–Crippen MR) is 62.5 cm³/mol. The highest BCUT2D eigenvalue weighted by molar-refractivity contribution is 6.32. The lowest BCUT2D eigenvalue weighted by Gasteiger charge is -2.35. The Morgan fingerprint density at radius 3 is 2.88 bits per heavy atom. The van der Waals surface area contributed by atoms with Gasteiger partial charge in [-0.05, 0) is 37.6 Å². The van der Waals surface area contributed by atoms with Crippen molar-refractivity contribution in [2.75, 3.05) is 6.54 Å². The van der Waals surface area contributed by atoms with Gasteiger partial charge in [0, 0.05) is 6.04 Å². The second kappa shape index (κ2) is 5.02. The van der Waals surface area contributed by atoms with E-state index >= 15 is 0 Å². The van der Waals surface area contributed by atoms with Crippen LogP contribution >= 0.6 is 11.6 Å². The molecule has 1 aromatic carbocycles. The summed E-state index contributed by atoms with van der Waals surface area (Å²) in [7, 11) is 0. The zero-order valence-electron chi connectivity index (χ0n) is 9.17. The molecule has 0 spiro atoms. The molecular formula is C12H15ClFNO. The minimum absolute atomic E-state index is 0.201. The van der Waals surface area contributed by atoms with E-state index in [9.17, 15) is 4.39 Å². The van der Waals surface area contributed by atoms with Crippen molar-refractivity contribution in [2.24, 2.45) is 0 Å². The molecule has 0 aliphatic heterocycles. The molecule has 0 atom stereocenters. The molecule has 16 heavy (non-hydrogen) atoms. The van der Waals surface area contributed by atoms with Gasteiger partial charge in [0.2, 0.25) is 0 Å². The highest BCUT2D eigenvalue weighted by Gasteiger charge is 2.30. The number of halogens is 2. The number of ether oxygens (including phenoxy) is 1. The van der Waals surface area contributed by atoms with Gasteiger partial charge in [-0.15, -0.1) is 0 Å². The summed E-state index contributed by atoms with van der Waals surface area (Å²) in [5.74, 6) is 0.236. The Hall–Kier alpha value is -0.800. The topological polar surface area (TPSA) is 21.3 Å². The van der Waals surface area contributed by atoms with E-state index in [1.165, 1.54) is 12.1 Å². The van der Waals surface area contributed by atoms with E-state index < -0.39 is 0 Å². The molecule has 1 fully saturated rings. The first-order valence-electron chi connectivity index (χ1n) is 5.54. The molecule has 2 nitrogen and oxygen atoms in total. The summed E-state index contributed by atoms with van der Waals surface area (Å²) in [4.78, 5) is 0. The average Bonchev–Trinajstić information content (AvgIpc) is 2.18. The Labute approximate surface area is 99.7 Å². The maximum atomic E-state index is 12.8. The van der Waals surface area contributed by atoms with E-state index in [4.69, 9.17) is 16.3 Å². The minimum Gasteiger partial charge on any atom is -0.489 e. The third-order valence-electron chi connectivity index (χ3n) is 2.78. The van der Waals surface area contributed by atoms with Crippen molar-refractivity contribution in [2.45, 2.75) is 31.9 Å². The molecule has 1 aromatic rings. The second-order valence-corrected chi connectivity index (χ2v) is 4.45. The summed E-state index contributed by atoms with van der Waals surface area (Å²) in [6, 6.07) is 4.77. The third kappa shape index (κ3) is 2.66. The average molecular weight is 244 g/mol. The fourth-order valence-corrected chi connectivity index (χ4v) is 2.08. The van der Waals surface area contributed by atoms with Gasteiger partial charge in [-0.25, -0.2) is 4.39 Å². The van der Waals surface area contributed by atoms with Gasteiger partial charge in [0.05, 0.1) is 5.02 Å². The summed E-state index contributed by atoms with van der Waals surface area (Å²) >= 11 is 5.87. The van der Waals surface area contributed by atoms with Gasteiger partial charge < -0.3 is 10.1 Å². The van der Waals surface area contributed by atoms with E-state index in [1.54, 1.807) is 6.07 Å². The van der Waals surface area contributed by atoms with Gasteiger partial charge in [-0.3, -0.25) is 0 Å². The fourth-order valence-electron chi connectivity index (χ4n) is 1.87. The van der Waals surface area contributed by atoms with Crippen LogP contribution in [-0.4, -0.2) is 18.7 Å². The largest absolute Gasteiger partial charge is 0.489 e. The van der Waals surface area contributed by atoms with Crippen molar-refractivity contribution >= 4 is 11.6 Å². The van der Waals surface area contributed by atoms with E-state index in [0.717, 1.165) is 19.4 Å². The lowest BCUT2D eigenvalue weighted by molar-refractivity contribution is 0.0859. The number of benzene rings is 1. The Bertz CT molecular complexity index is 366. The first kappa shape index (κ1) is 11.7. The Morgan fingerprint density at radius 1 is 1.50 bits per heavy atom. The molecule has 0 heterocycles. The van der Waals surface area contributed by atoms with E-state index in [2.05, 4.69) is 12.2 Å². The van der Waals surface area contributed by atoms with Crippen LogP contribution in [0.5, 0.6) is 5.75 Å². The SMILES string of the molecule is CCNC1CC(Oc2ccc(F)cc2Cl)C1. The van der Waals surface area contributed by atoms with Crippen LogP contribution in [0.3, 0.4) is 0 Å². The van der Waals surface area contributed by atoms with E-state index in [1.807, 2.05) is 0 Å². The predicted octanol–water partition coefficient (Wildman–Crippen LogP) is 3.00. The van der Waals surface area contributed by atoms with Crippen LogP contribution in [0, 0.1) is 5.82 Å². The molecule has 0 aromatic heterocycles. The first-order valence-corrected chi connectivity index (χ1v) is 5.92. The third-order valence-corrected chi connectivity index (χ3v) is 3.07. The van der Waals surface area contributed by atoms with Crippen LogP contribution in [0.15, 0.2) is 18.2 Å². The molecule has 2 rings (SSSR count). The number of hydrogen-bond donors (Lipinski definition) is 1. The van der Waals surface area contributed by atoms with Crippen LogP contribution in [0.4, 0.5) is 4.39 Å². The molecule has 0 bridgehead atoms. The number of hydrogen-bond acceptors (Lipinski definition) is 2. The molecule has 1 N–H and O–H groups in total. The van der Waals surface area contributed by atoms with Crippen molar-refractivity contribution in [1.82, 2.24) is 5.32 Å². The summed E-state index contributed by atoms with van der Waals surface area (Å²) in [5.41, 5.74) is 0. The number of rotatable bonds is 4. The van der Waals surface area contributed by atoms with Gasteiger partial charge in [-0.1, -0.05) is 18.5 Å². The smallest absolute Gasteiger partial charge is 0.138 e. The Morgan fingerprint density at radius 2 is 2.25 bits per heavy atom. The van der Waals surface area contributed by atoms with Gasteiger partial charge >= 0.3 is 0 Å². The Kier molecular flexibility index (Phi) is 3.66. The first-order chi connectivity index (χ1) is 7.69. The summed E-state index contributed by atoms with van der Waals surface area (Å²) in [6.07, 6.45) is 2.18. The zero-order chi connectivity index (χ0) is 11.5. The van der Waals surface area contributed by atoms with Gasteiger partial charge in [0.15, 0.2) is 0 Å². The van der Waals surface area contributed by atoms with Crippen molar-refractivity contribution in [1.29, 1.82) is 0 Å². The molecule has 1 aliphatic rings. The highest BCUT2D eigenvalue weighted by atomic mass is 35.5. The molecule has 0 radical (unpaired) electrons. The summed E-state index contributed by atoms with van der Waals surface area (Å²) < 4.78 is 18.5. The standard InChI is InChI=1S/C12H15ClFNO/c1-2-15-9-6-10(7-9)16-12-4-3-8(14)5-11(12)13/h3-5,9-10,15H,2,6-7H2,1H3. The van der Waals surface area contributed by atoms with E-state index in [0.29, 0.717) is 16.8 Å². The molecule has 0 amide bonds. The molecule has 0 saturated heterocycles. The van der Waals surface area contributed by atoms with Crippen molar-refractivity contribution < 1.29 is 9.13 Å². The van der Waals surface area contributed by atoms with Crippen LogP contribution < -0.4 is 10.1 Å². The van der Waals surface area contributed by atoms with Crippen molar-refractivity contribution in [3.63, 3.8) is 0 Å². The fraction of sp³-hybridized carbons (Fsp3) is 0.500. The lowest BCUT2D eigenvalue weighted by atomic mass is 9.89. The Balaban J connectivity index is 1.87. The summed E-state index contributed by atoms with van der Waals surface area (Å²) in [5, 5.41) is 3.69. The maximum Gasteiger partial charge on any atom is 0.138 e. The molecule has 4 heteroatoms. The van der Waals surface area contributed by atoms with Gasteiger partial charge in [0.1, 0.15) is 17.7 Å². The molecule has 1 saturated carbocycles. The lowest BCUT2D eigenvalue weighted by Crippen LogP contribution is -2.46. The second-order valence-electron chi connectivity index (χ2n) is 4.04. The van der Waals surface area contributed by atoms with Gasteiger partial charge in [-0.2, -0.15) is 0 Å². The molecule has 88 valence electrons.